The third-order valence-electron chi connectivity index (χ3n) is 1.91. The second-order valence-electron chi connectivity index (χ2n) is 2.99. The molecule has 0 aliphatic heterocycles. The van der Waals surface area contributed by atoms with E-state index < -0.39 is 0 Å². The second kappa shape index (κ2) is 3.41. The van der Waals surface area contributed by atoms with Crippen molar-refractivity contribution in [3.8, 4) is 11.4 Å². The normalized spacial score (nSPS) is 10.1. The molecular formula is C10H9N3O. The van der Waals surface area contributed by atoms with Gasteiger partial charge in [-0.3, -0.25) is 9.78 Å². The van der Waals surface area contributed by atoms with Crippen LogP contribution in [0.15, 0.2) is 35.5 Å². The fraction of sp³-hybridized carbons (Fsp3) is 0.100. The number of nitrogens with zero attached hydrogens (tertiary/aromatic N) is 2. The molecule has 14 heavy (non-hydrogen) atoms. The van der Waals surface area contributed by atoms with Crippen LogP contribution in [-0.4, -0.2) is 15.0 Å². The average molecular weight is 187 g/mol. The van der Waals surface area contributed by atoms with Gasteiger partial charge in [0.1, 0.15) is 5.82 Å². The first-order valence-corrected chi connectivity index (χ1v) is 4.24. The molecule has 0 radical (unpaired) electrons. The first-order valence-electron chi connectivity index (χ1n) is 4.24. The summed E-state index contributed by atoms with van der Waals surface area (Å²) in [7, 11) is 0. The molecule has 1 N–H and O–H groups in total. The lowest BCUT2D eigenvalue weighted by Crippen LogP contribution is -2.11. The molecule has 2 rings (SSSR count). The Labute approximate surface area is 80.7 Å². The molecule has 0 atom stereocenters. The second-order valence-corrected chi connectivity index (χ2v) is 2.99. The Bertz CT molecular complexity index is 490. The van der Waals surface area contributed by atoms with Gasteiger partial charge in [0.2, 0.25) is 0 Å². The van der Waals surface area contributed by atoms with Crippen LogP contribution in [0.4, 0.5) is 0 Å². The van der Waals surface area contributed by atoms with Crippen LogP contribution >= 0.6 is 0 Å². The van der Waals surface area contributed by atoms with Crippen LogP contribution < -0.4 is 5.56 Å². The van der Waals surface area contributed by atoms with Crippen molar-refractivity contribution in [1.82, 2.24) is 15.0 Å². The molecule has 0 bridgehead atoms. The van der Waals surface area contributed by atoms with Crippen LogP contribution in [-0.2, 0) is 0 Å². The van der Waals surface area contributed by atoms with E-state index in [-0.39, 0.29) is 5.56 Å². The van der Waals surface area contributed by atoms with Gasteiger partial charge in [-0.1, -0.05) is 0 Å². The van der Waals surface area contributed by atoms with Crippen molar-refractivity contribution in [3.63, 3.8) is 0 Å². The van der Waals surface area contributed by atoms with E-state index in [9.17, 15) is 4.79 Å². The summed E-state index contributed by atoms with van der Waals surface area (Å²) in [6.45, 7) is 1.72. The van der Waals surface area contributed by atoms with Crippen LogP contribution in [0.2, 0.25) is 0 Å². The minimum absolute atomic E-state index is 0.112. The highest BCUT2D eigenvalue weighted by Gasteiger charge is 2.00. The number of rotatable bonds is 1. The van der Waals surface area contributed by atoms with Gasteiger partial charge < -0.3 is 4.98 Å². The summed E-state index contributed by atoms with van der Waals surface area (Å²) in [5, 5.41) is 0. The minimum Gasteiger partial charge on any atom is -0.306 e. The Hall–Kier alpha value is -1.97. The first-order chi connectivity index (χ1) is 6.77. The summed E-state index contributed by atoms with van der Waals surface area (Å²) < 4.78 is 0. The number of nitrogens with one attached hydrogen (secondary N) is 1. The van der Waals surface area contributed by atoms with Crippen LogP contribution in [0.3, 0.4) is 0 Å². The molecule has 4 nitrogen and oxygen atoms in total. The zero-order valence-electron chi connectivity index (χ0n) is 7.69. The third kappa shape index (κ3) is 1.54. The molecule has 2 heterocycles. The van der Waals surface area contributed by atoms with Crippen molar-refractivity contribution < 1.29 is 0 Å². The molecule has 0 saturated heterocycles. The van der Waals surface area contributed by atoms with Crippen molar-refractivity contribution in [2.45, 2.75) is 6.92 Å². The Morgan fingerprint density at radius 1 is 1.36 bits per heavy atom. The maximum Gasteiger partial charge on any atom is 0.254 e. The van der Waals surface area contributed by atoms with Crippen molar-refractivity contribution >= 4 is 0 Å². The predicted molar refractivity (Wildman–Crippen MR) is 52.8 cm³/mol. The highest BCUT2D eigenvalue weighted by molar-refractivity contribution is 5.52. The monoisotopic (exact) mass is 187 g/mol. The SMILES string of the molecule is Cc1cnc(-c2cccnc2)[nH]c1=O. The van der Waals surface area contributed by atoms with Gasteiger partial charge in [-0.05, 0) is 19.1 Å². The molecule has 0 fully saturated rings. The number of hydrogen-bond donors (Lipinski definition) is 1. The summed E-state index contributed by atoms with van der Waals surface area (Å²) in [6, 6.07) is 3.65. The van der Waals surface area contributed by atoms with E-state index in [2.05, 4.69) is 15.0 Å². The molecule has 0 unspecified atom stereocenters. The lowest BCUT2D eigenvalue weighted by molar-refractivity contribution is 1.08. The number of aromatic nitrogens is 3. The fourth-order valence-corrected chi connectivity index (χ4v) is 1.11. The van der Waals surface area contributed by atoms with E-state index in [0.29, 0.717) is 11.4 Å². The molecule has 2 aromatic rings. The van der Waals surface area contributed by atoms with E-state index in [0.717, 1.165) is 5.56 Å². The molecule has 4 heteroatoms. The van der Waals surface area contributed by atoms with E-state index >= 15 is 0 Å². The minimum atomic E-state index is -0.112. The van der Waals surface area contributed by atoms with Crippen molar-refractivity contribution in [3.05, 3.63) is 46.6 Å². The molecule has 0 spiro atoms. The smallest absolute Gasteiger partial charge is 0.254 e. The molecule has 0 amide bonds. The summed E-state index contributed by atoms with van der Waals surface area (Å²) in [4.78, 5) is 22.0. The molecule has 0 aliphatic carbocycles. The fourth-order valence-electron chi connectivity index (χ4n) is 1.11. The maximum absolute atomic E-state index is 11.3. The molecule has 0 aliphatic rings. The van der Waals surface area contributed by atoms with Gasteiger partial charge in [0.25, 0.3) is 5.56 Å². The Morgan fingerprint density at radius 3 is 2.86 bits per heavy atom. The first kappa shape index (κ1) is 8.62. The molecule has 2 aromatic heterocycles. The zero-order chi connectivity index (χ0) is 9.97. The number of H-pyrrole nitrogens is 1. The predicted octanol–water partition coefficient (Wildman–Crippen LogP) is 1.14. The Kier molecular flexibility index (Phi) is 2.10. The number of hydrogen-bond acceptors (Lipinski definition) is 3. The van der Waals surface area contributed by atoms with Gasteiger partial charge in [0, 0.05) is 29.7 Å². The van der Waals surface area contributed by atoms with E-state index in [4.69, 9.17) is 0 Å². The van der Waals surface area contributed by atoms with Crippen LogP contribution in [0.25, 0.3) is 11.4 Å². The zero-order valence-corrected chi connectivity index (χ0v) is 7.69. The van der Waals surface area contributed by atoms with Crippen LogP contribution in [0.5, 0.6) is 0 Å². The summed E-state index contributed by atoms with van der Waals surface area (Å²) in [5.74, 6) is 0.550. The van der Waals surface area contributed by atoms with Gasteiger partial charge in [-0.15, -0.1) is 0 Å². The Balaban J connectivity index is 2.54. The van der Waals surface area contributed by atoms with Gasteiger partial charge in [0.05, 0.1) is 0 Å². The van der Waals surface area contributed by atoms with Gasteiger partial charge in [-0.25, -0.2) is 4.98 Å². The molecule has 0 saturated carbocycles. The number of pyridine rings is 1. The van der Waals surface area contributed by atoms with Crippen LogP contribution in [0, 0.1) is 6.92 Å². The number of aryl methyl sites for hydroxylation is 1. The third-order valence-corrected chi connectivity index (χ3v) is 1.91. The Morgan fingerprint density at radius 2 is 2.21 bits per heavy atom. The summed E-state index contributed by atoms with van der Waals surface area (Å²) in [6.07, 6.45) is 4.89. The molecular weight excluding hydrogens is 178 g/mol. The highest BCUT2D eigenvalue weighted by Crippen LogP contribution is 2.09. The van der Waals surface area contributed by atoms with E-state index in [1.807, 2.05) is 6.07 Å². The summed E-state index contributed by atoms with van der Waals surface area (Å²) >= 11 is 0. The lowest BCUT2D eigenvalue weighted by atomic mass is 10.2. The van der Waals surface area contributed by atoms with E-state index in [1.54, 1.807) is 31.6 Å². The largest absolute Gasteiger partial charge is 0.306 e. The lowest BCUT2D eigenvalue weighted by Gasteiger charge is -1.99. The molecule has 0 aromatic carbocycles. The van der Waals surface area contributed by atoms with Gasteiger partial charge in [0.15, 0.2) is 0 Å². The quantitative estimate of drug-likeness (QED) is 0.728. The van der Waals surface area contributed by atoms with Gasteiger partial charge >= 0.3 is 0 Å². The van der Waals surface area contributed by atoms with Crippen molar-refractivity contribution in [2.75, 3.05) is 0 Å². The maximum atomic E-state index is 11.3. The average Bonchev–Trinajstić information content (AvgIpc) is 2.23. The number of aromatic amines is 1. The topological polar surface area (TPSA) is 58.6 Å². The van der Waals surface area contributed by atoms with Crippen LogP contribution in [0.1, 0.15) is 5.56 Å². The molecule has 70 valence electrons. The van der Waals surface area contributed by atoms with Crippen molar-refractivity contribution in [2.24, 2.45) is 0 Å². The van der Waals surface area contributed by atoms with Crippen molar-refractivity contribution in [1.29, 1.82) is 0 Å². The van der Waals surface area contributed by atoms with E-state index in [1.165, 1.54) is 0 Å². The standard InChI is InChI=1S/C10H9N3O/c1-7-5-12-9(13-10(7)14)8-3-2-4-11-6-8/h2-6H,1H3,(H,12,13,14). The summed E-state index contributed by atoms with van der Waals surface area (Å²) in [5.41, 5.74) is 1.31. The van der Waals surface area contributed by atoms with Gasteiger partial charge in [-0.2, -0.15) is 0 Å². The highest BCUT2D eigenvalue weighted by atomic mass is 16.1.